The molecule has 25 heavy (non-hydrogen) atoms. The summed E-state index contributed by atoms with van der Waals surface area (Å²) in [6, 6.07) is 8.75. The average Bonchev–Trinajstić information content (AvgIpc) is 2.57. The number of nitrogens with zero attached hydrogens (tertiary/aromatic N) is 1. The highest BCUT2D eigenvalue weighted by atomic mass is 35.5. The van der Waals surface area contributed by atoms with Gasteiger partial charge in [-0.05, 0) is 41.8 Å². The first-order valence-electron chi connectivity index (χ1n) is 7.56. The smallest absolute Gasteiger partial charge is 0.407 e. The largest absolute Gasteiger partial charge is 0.465 e. The molecule has 6 nitrogen and oxygen atoms in total. The van der Waals surface area contributed by atoms with Gasteiger partial charge in [0.05, 0.1) is 10.7 Å². The Hall–Kier alpha value is -2.80. The number of halogens is 2. The molecular formula is C17H15ClFN3O3. The van der Waals surface area contributed by atoms with Gasteiger partial charge in [-0.1, -0.05) is 23.7 Å². The van der Waals surface area contributed by atoms with Gasteiger partial charge in [-0.2, -0.15) is 0 Å². The molecule has 130 valence electrons. The summed E-state index contributed by atoms with van der Waals surface area (Å²) >= 11 is 5.88. The first kappa shape index (κ1) is 17.0. The van der Waals surface area contributed by atoms with Gasteiger partial charge in [0.15, 0.2) is 0 Å². The topological polar surface area (TPSA) is 81.7 Å². The van der Waals surface area contributed by atoms with Gasteiger partial charge in [0.2, 0.25) is 0 Å². The maximum absolute atomic E-state index is 13.7. The average molecular weight is 364 g/mol. The van der Waals surface area contributed by atoms with Crippen LogP contribution in [0.1, 0.15) is 11.1 Å². The molecule has 0 saturated carbocycles. The van der Waals surface area contributed by atoms with E-state index in [0.717, 1.165) is 11.1 Å². The molecule has 0 aliphatic carbocycles. The summed E-state index contributed by atoms with van der Waals surface area (Å²) in [5.74, 6) is -0.623. The van der Waals surface area contributed by atoms with Crippen LogP contribution in [-0.2, 0) is 13.0 Å². The molecule has 0 fully saturated rings. The number of benzene rings is 2. The molecule has 0 radical (unpaired) electrons. The van der Waals surface area contributed by atoms with Crippen LogP contribution in [0.3, 0.4) is 0 Å². The lowest BCUT2D eigenvalue weighted by Gasteiger charge is -2.26. The Balaban J connectivity index is 1.70. The summed E-state index contributed by atoms with van der Waals surface area (Å²) in [5.41, 5.74) is 2.32. The van der Waals surface area contributed by atoms with Crippen LogP contribution in [-0.4, -0.2) is 28.7 Å². The molecule has 3 amide bonds. The van der Waals surface area contributed by atoms with Crippen molar-refractivity contribution in [1.82, 2.24) is 4.90 Å². The van der Waals surface area contributed by atoms with E-state index in [9.17, 15) is 14.0 Å². The number of amides is 3. The van der Waals surface area contributed by atoms with E-state index in [4.69, 9.17) is 16.7 Å². The van der Waals surface area contributed by atoms with Crippen molar-refractivity contribution in [1.29, 1.82) is 0 Å². The second kappa shape index (κ2) is 6.98. The molecule has 1 aliphatic rings. The van der Waals surface area contributed by atoms with E-state index < -0.39 is 17.9 Å². The van der Waals surface area contributed by atoms with E-state index >= 15 is 0 Å². The fourth-order valence-corrected chi connectivity index (χ4v) is 2.90. The van der Waals surface area contributed by atoms with E-state index in [-0.39, 0.29) is 10.7 Å². The molecule has 0 saturated heterocycles. The van der Waals surface area contributed by atoms with Crippen molar-refractivity contribution >= 4 is 35.1 Å². The minimum Gasteiger partial charge on any atom is -0.465 e. The number of rotatable bonds is 2. The van der Waals surface area contributed by atoms with Gasteiger partial charge in [0, 0.05) is 18.8 Å². The van der Waals surface area contributed by atoms with E-state index in [2.05, 4.69) is 10.6 Å². The van der Waals surface area contributed by atoms with Gasteiger partial charge in [-0.3, -0.25) is 0 Å². The molecule has 0 unspecified atom stereocenters. The van der Waals surface area contributed by atoms with Crippen molar-refractivity contribution in [3.63, 3.8) is 0 Å². The highest BCUT2D eigenvalue weighted by Gasteiger charge is 2.20. The Labute approximate surface area is 148 Å². The van der Waals surface area contributed by atoms with E-state index in [1.165, 1.54) is 23.1 Å². The first-order chi connectivity index (χ1) is 11.9. The summed E-state index contributed by atoms with van der Waals surface area (Å²) < 4.78 is 13.7. The van der Waals surface area contributed by atoms with Crippen LogP contribution in [0.2, 0.25) is 5.02 Å². The quantitative estimate of drug-likeness (QED) is 0.749. The monoisotopic (exact) mass is 363 g/mol. The van der Waals surface area contributed by atoms with Crippen LogP contribution in [0, 0.1) is 5.82 Å². The molecule has 2 aromatic rings. The zero-order chi connectivity index (χ0) is 18.0. The third kappa shape index (κ3) is 3.83. The standard InChI is InChI=1S/C17H15ClFN3O3/c18-13-2-1-3-14(19)15(13)21-16(23)20-12-5-4-11-9-22(17(24)25)7-6-10(11)8-12/h1-5,8H,6-7,9H2,(H,24,25)(H2,20,21,23). The first-order valence-corrected chi connectivity index (χ1v) is 7.93. The van der Waals surface area contributed by atoms with E-state index in [1.807, 2.05) is 0 Å². The maximum atomic E-state index is 13.7. The van der Waals surface area contributed by atoms with Crippen LogP contribution in [0.15, 0.2) is 36.4 Å². The molecule has 0 aromatic heterocycles. The third-order valence-corrected chi connectivity index (χ3v) is 4.26. The molecule has 8 heteroatoms. The molecule has 3 rings (SSSR count). The maximum Gasteiger partial charge on any atom is 0.407 e. The van der Waals surface area contributed by atoms with Crippen LogP contribution in [0.25, 0.3) is 0 Å². The Morgan fingerprint density at radius 3 is 2.68 bits per heavy atom. The molecular weight excluding hydrogens is 349 g/mol. The minimum atomic E-state index is -0.950. The summed E-state index contributed by atoms with van der Waals surface area (Å²) in [6.07, 6.45) is -0.383. The van der Waals surface area contributed by atoms with Crippen molar-refractivity contribution in [2.24, 2.45) is 0 Å². The van der Waals surface area contributed by atoms with Crippen molar-refractivity contribution in [3.05, 3.63) is 58.4 Å². The number of hydrogen-bond donors (Lipinski definition) is 3. The molecule has 2 aromatic carbocycles. The molecule has 0 spiro atoms. The fraction of sp³-hybridized carbons (Fsp3) is 0.176. The lowest BCUT2D eigenvalue weighted by molar-refractivity contribution is 0.140. The Kier molecular flexibility index (Phi) is 4.76. The SMILES string of the molecule is O=C(Nc1ccc2c(c1)CCN(C(=O)O)C2)Nc1c(F)cccc1Cl. The van der Waals surface area contributed by atoms with Crippen LogP contribution >= 0.6 is 11.6 Å². The molecule has 1 aliphatic heterocycles. The lowest BCUT2D eigenvalue weighted by atomic mass is 9.99. The number of carboxylic acid groups (broad SMARTS) is 1. The number of hydrogen-bond acceptors (Lipinski definition) is 2. The van der Waals surface area contributed by atoms with Crippen molar-refractivity contribution in [2.75, 3.05) is 17.2 Å². The van der Waals surface area contributed by atoms with Crippen LogP contribution in [0.4, 0.5) is 25.4 Å². The summed E-state index contributed by atoms with van der Waals surface area (Å²) in [6.45, 7) is 0.727. The number of nitrogens with one attached hydrogen (secondary N) is 2. The van der Waals surface area contributed by atoms with Gasteiger partial charge >= 0.3 is 12.1 Å². The number of anilines is 2. The van der Waals surface area contributed by atoms with Crippen molar-refractivity contribution in [3.8, 4) is 0 Å². The number of fused-ring (bicyclic) bond motifs is 1. The number of carbonyl (C=O) groups excluding carboxylic acids is 1. The van der Waals surface area contributed by atoms with Crippen molar-refractivity contribution in [2.45, 2.75) is 13.0 Å². The molecule has 0 atom stereocenters. The Morgan fingerprint density at radius 2 is 1.96 bits per heavy atom. The van der Waals surface area contributed by atoms with Crippen LogP contribution in [0.5, 0.6) is 0 Å². The van der Waals surface area contributed by atoms with Crippen LogP contribution < -0.4 is 10.6 Å². The molecule has 3 N–H and O–H groups in total. The predicted molar refractivity (Wildman–Crippen MR) is 92.6 cm³/mol. The third-order valence-electron chi connectivity index (χ3n) is 3.95. The van der Waals surface area contributed by atoms with E-state index in [1.54, 1.807) is 18.2 Å². The number of carbonyl (C=O) groups is 2. The normalized spacial score (nSPS) is 13.1. The van der Waals surface area contributed by atoms with Gasteiger partial charge in [-0.25, -0.2) is 14.0 Å². The zero-order valence-electron chi connectivity index (χ0n) is 13.1. The highest BCUT2D eigenvalue weighted by molar-refractivity contribution is 6.33. The second-order valence-electron chi connectivity index (χ2n) is 5.61. The van der Waals surface area contributed by atoms with Gasteiger partial charge in [-0.15, -0.1) is 0 Å². The van der Waals surface area contributed by atoms with Gasteiger partial charge in [0.25, 0.3) is 0 Å². The summed E-state index contributed by atoms with van der Waals surface area (Å²) in [4.78, 5) is 24.4. The second-order valence-corrected chi connectivity index (χ2v) is 6.02. The number of para-hydroxylation sites is 1. The molecule has 1 heterocycles. The zero-order valence-corrected chi connectivity index (χ0v) is 13.8. The van der Waals surface area contributed by atoms with E-state index in [0.29, 0.717) is 25.2 Å². The Bertz CT molecular complexity index is 824. The summed E-state index contributed by atoms with van der Waals surface area (Å²) in [7, 11) is 0. The van der Waals surface area contributed by atoms with Gasteiger partial charge in [0.1, 0.15) is 5.82 Å². The lowest BCUT2D eigenvalue weighted by Crippen LogP contribution is -2.34. The van der Waals surface area contributed by atoms with Crippen molar-refractivity contribution < 1.29 is 19.1 Å². The highest BCUT2D eigenvalue weighted by Crippen LogP contribution is 2.26. The number of urea groups is 1. The fourth-order valence-electron chi connectivity index (χ4n) is 2.69. The molecule has 0 bridgehead atoms. The minimum absolute atomic E-state index is 0.0864. The Morgan fingerprint density at radius 1 is 1.16 bits per heavy atom. The predicted octanol–water partition coefficient (Wildman–Crippen LogP) is 4.16. The van der Waals surface area contributed by atoms with Gasteiger partial charge < -0.3 is 20.6 Å². The summed E-state index contributed by atoms with van der Waals surface area (Å²) in [5, 5.41) is 14.2.